The number of thiophene rings is 1. The van der Waals surface area contributed by atoms with Crippen molar-refractivity contribution in [1.82, 2.24) is 0 Å². The largest absolute Gasteiger partial charge is 0.465 e. The molecule has 0 saturated carbocycles. The fourth-order valence-corrected chi connectivity index (χ4v) is 5.58. The Kier molecular flexibility index (Phi) is 5.44. The van der Waals surface area contributed by atoms with E-state index in [0.29, 0.717) is 19.0 Å². The summed E-state index contributed by atoms with van der Waals surface area (Å²) in [5.41, 5.74) is 0.618. The maximum absolute atomic E-state index is 13.2. The van der Waals surface area contributed by atoms with Gasteiger partial charge in [-0.1, -0.05) is 0 Å². The quantitative estimate of drug-likeness (QED) is 0.646. The Bertz CT molecular complexity index is 581. The first-order valence-electron chi connectivity index (χ1n) is 7.00. The van der Waals surface area contributed by atoms with Crippen LogP contribution in [0.1, 0.15) is 41.5 Å². The van der Waals surface area contributed by atoms with E-state index in [-0.39, 0.29) is 0 Å². The highest BCUT2D eigenvalue weighted by atomic mass is 32.1. The van der Waals surface area contributed by atoms with Gasteiger partial charge in [0.1, 0.15) is 11.5 Å². The third-order valence-electron chi connectivity index (χ3n) is 2.99. The lowest BCUT2D eigenvalue weighted by atomic mass is 10.2. The zero-order valence-electron chi connectivity index (χ0n) is 12.8. The van der Waals surface area contributed by atoms with Gasteiger partial charge in [0.2, 0.25) is 0 Å². The molecule has 0 bridgehead atoms. The predicted octanol–water partition coefficient (Wildman–Crippen LogP) is 5.31. The van der Waals surface area contributed by atoms with Crippen molar-refractivity contribution in [3.63, 3.8) is 0 Å². The normalized spacial score (nSPS) is 13.5. The molecule has 0 radical (unpaired) electrons. The number of aryl methyl sites for hydroxylation is 2. The van der Waals surface area contributed by atoms with Crippen LogP contribution in [-0.2, 0) is 13.6 Å². The average molecular weight is 328 g/mol. The Hall–Kier alpha value is -0.870. The van der Waals surface area contributed by atoms with E-state index in [1.165, 1.54) is 0 Å². The molecule has 0 aromatic carbocycles. The molecule has 1 atom stereocenters. The Balaban J connectivity index is 2.51. The Morgan fingerprint density at radius 3 is 2.33 bits per heavy atom. The Morgan fingerprint density at radius 2 is 1.90 bits per heavy atom. The second-order valence-corrected chi connectivity index (χ2v) is 7.81. The molecule has 4 nitrogen and oxygen atoms in total. The molecular formula is C15H21O4PS. The first-order chi connectivity index (χ1) is 10.00. The van der Waals surface area contributed by atoms with E-state index in [4.69, 9.17) is 13.5 Å². The van der Waals surface area contributed by atoms with Crippen LogP contribution in [0, 0.1) is 13.8 Å². The monoisotopic (exact) mass is 328 g/mol. The number of furan rings is 1. The minimum atomic E-state index is -3.33. The third-order valence-corrected chi connectivity index (χ3v) is 6.68. The number of hydrogen-bond acceptors (Lipinski definition) is 5. The molecule has 0 fully saturated rings. The van der Waals surface area contributed by atoms with E-state index in [1.807, 2.05) is 51.3 Å². The molecule has 0 amide bonds. The lowest BCUT2D eigenvalue weighted by Gasteiger charge is -2.24. The smallest absolute Gasteiger partial charge is 0.346 e. The lowest BCUT2D eigenvalue weighted by Crippen LogP contribution is -2.06. The van der Waals surface area contributed by atoms with Crippen molar-refractivity contribution in [3.05, 3.63) is 45.5 Å². The lowest BCUT2D eigenvalue weighted by molar-refractivity contribution is 0.213. The molecule has 21 heavy (non-hydrogen) atoms. The zero-order valence-corrected chi connectivity index (χ0v) is 14.5. The molecule has 0 saturated heterocycles. The van der Waals surface area contributed by atoms with Crippen LogP contribution in [0.3, 0.4) is 0 Å². The Labute approximate surface area is 129 Å². The van der Waals surface area contributed by atoms with Gasteiger partial charge in [-0.05, 0) is 56.8 Å². The second kappa shape index (κ2) is 6.93. The van der Waals surface area contributed by atoms with E-state index >= 15 is 0 Å². The second-order valence-electron chi connectivity index (χ2n) is 4.75. The van der Waals surface area contributed by atoms with Crippen LogP contribution in [0.4, 0.5) is 0 Å². The SMILES string of the molecule is CCOP(=O)(OCC)C(c1ccc(C)o1)c1cc(C)cs1. The van der Waals surface area contributed by atoms with Gasteiger partial charge in [-0.15, -0.1) is 11.3 Å². The highest BCUT2D eigenvalue weighted by Gasteiger charge is 2.41. The summed E-state index contributed by atoms with van der Waals surface area (Å²) in [6.45, 7) is 8.17. The van der Waals surface area contributed by atoms with Crippen molar-refractivity contribution in [1.29, 1.82) is 0 Å². The summed E-state index contributed by atoms with van der Waals surface area (Å²) in [7, 11) is -3.33. The summed E-state index contributed by atoms with van der Waals surface area (Å²) in [5.74, 6) is 1.41. The Morgan fingerprint density at radius 1 is 1.24 bits per heavy atom. The summed E-state index contributed by atoms with van der Waals surface area (Å²) in [6.07, 6.45) is 0. The molecule has 0 aliphatic carbocycles. The van der Waals surface area contributed by atoms with Gasteiger partial charge in [-0.25, -0.2) is 0 Å². The van der Waals surface area contributed by atoms with Crippen LogP contribution in [0.5, 0.6) is 0 Å². The third kappa shape index (κ3) is 3.67. The molecule has 2 aromatic heterocycles. The first kappa shape index (κ1) is 16.5. The topological polar surface area (TPSA) is 48.7 Å². The maximum Gasteiger partial charge on any atom is 0.346 e. The van der Waals surface area contributed by atoms with Gasteiger partial charge in [0.05, 0.1) is 13.2 Å². The van der Waals surface area contributed by atoms with Crippen LogP contribution < -0.4 is 0 Å². The van der Waals surface area contributed by atoms with E-state index in [1.54, 1.807) is 11.3 Å². The molecule has 1 unspecified atom stereocenters. The molecule has 0 aliphatic heterocycles. The van der Waals surface area contributed by atoms with Crippen molar-refractivity contribution in [2.24, 2.45) is 0 Å². The molecule has 0 aliphatic rings. The standard InChI is InChI=1S/C15H21O4PS/c1-5-17-20(16,18-6-2)15(13-8-7-12(4)19-13)14-9-11(3)10-21-14/h7-10,15H,5-6H2,1-4H3. The van der Waals surface area contributed by atoms with Crippen LogP contribution >= 0.6 is 18.9 Å². The molecule has 2 aromatic rings. The van der Waals surface area contributed by atoms with Crippen LogP contribution in [0.2, 0.25) is 0 Å². The van der Waals surface area contributed by atoms with Crippen LogP contribution in [0.15, 0.2) is 28.0 Å². The van der Waals surface area contributed by atoms with Crippen molar-refractivity contribution < 1.29 is 18.0 Å². The van der Waals surface area contributed by atoms with Crippen LogP contribution in [-0.4, -0.2) is 13.2 Å². The highest BCUT2D eigenvalue weighted by molar-refractivity contribution is 7.54. The van der Waals surface area contributed by atoms with E-state index in [2.05, 4.69) is 0 Å². The molecule has 2 rings (SSSR count). The van der Waals surface area contributed by atoms with Gasteiger partial charge in [0.25, 0.3) is 0 Å². The molecule has 2 heterocycles. The van der Waals surface area contributed by atoms with Gasteiger partial charge < -0.3 is 13.5 Å². The van der Waals surface area contributed by atoms with E-state index in [9.17, 15) is 4.57 Å². The maximum atomic E-state index is 13.2. The molecule has 0 N–H and O–H groups in total. The first-order valence-corrected chi connectivity index (χ1v) is 9.49. The molecular weight excluding hydrogens is 307 g/mol. The van der Waals surface area contributed by atoms with Gasteiger partial charge >= 0.3 is 7.60 Å². The number of rotatable bonds is 7. The van der Waals surface area contributed by atoms with Gasteiger partial charge in [0, 0.05) is 4.88 Å². The summed E-state index contributed by atoms with van der Waals surface area (Å²) in [6, 6.07) is 5.72. The minimum Gasteiger partial charge on any atom is -0.465 e. The predicted molar refractivity (Wildman–Crippen MR) is 85.2 cm³/mol. The van der Waals surface area contributed by atoms with Gasteiger partial charge in [-0.2, -0.15) is 0 Å². The summed E-state index contributed by atoms with van der Waals surface area (Å²) in [4.78, 5) is 0.937. The summed E-state index contributed by atoms with van der Waals surface area (Å²) in [5, 5.41) is 2.03. The average Bonchev–Trinajstić information content (AvgIpc) is 3.00. The van der Waals surface area contributed by atoms with Crippen molar-refractivity contribution in [2.75, 3.05) is 13.2 Å². The van der Waals surface area contributed by atoms with Crippen LogP contribution in [0.25, 0.3) is 0 Å². The minimum absolute atomic E-state index is 0.331. The summed E-state index contributed by atoms with van der Waals surface area (Å²) < 4.78 is 30.0. The zero-order chi connectivity index (χ0) is 15.5. The fraction of sp³-hybridized carbons (Fsp3) is 0.467. The molecule has 6 heteroatoms. The molecule has 116 valence electrons. The fourth-order valence-electron chi connectivity index (χ4n) is 2.20. The van der Waals surface area contributed by atoms with Gasteiger partial charge in [0.15, 0.2) is 5.66 Å². The number of hydrogen-bond donors (Lipinski definition) is 0. The van der Waals surface area contributed by atoms with Crippen molar-refractivity contribution in [2.45, 2.75) is 33.4 Å². The summed E-state index contributed by atoms with van der Waals surface area (Å²) >= 11 is 1.55. The van der Waals surface area contributed by atoms with Gasteiger partial charge in [-0.3, -0.25) is 4.57 Å². The van der Waals surface area contributed by atoms with E-state index < -0.39 is 13.3 Å². The van der Waals surface area contributed by atoms with Crippen molar-refractivity contribution in [3.8, 4) is 0 Å². The molecule has 0 spiro atoms. The van der Waals surface area contributed by atoms with E-state index in [0.717, 1.165) is 16.2 Å². The highest BCUT2D eigenvalue weighted by Crippen LogP contribution is 2.64. The van der Waals surface area contributed by atoms with Crippen molar-refractivity contribution >= 4 is 18.9 Å².